The number of amides is 1. The molecule has 0 bridgehead atoms. The smallest absolute Gasteiger partial charge is 0.338 e. The molecule has 0 aliphatic rings. The monoisotopic (exact) mass is 450 g/mol. The summed E-state index contributed by atoms with van der Waals surface area (Å²) in [6, 6.07) is 13.0. The lowest BCUT2D eigenvalue weighted by atomic mass is 9.85. The molecule has 0 saturated heterocycles. The molecule has 172 valence electrons. The van der Waals surface area contributed by atoms with Gasteiger partial charge in [-0.1, -0.05) is 57.2 Å². The zero-order valence-electron chi connectivity index (χ0n) is 18.9. The van der Waals surface area contributed by atoms with Crippen molar-refractivity contribution in [2.75, 3.05) is 6.61 Å². The van der Waals surface area contributed by atoms with Crippen LogP contribution in [0.5, 0.6) is 0 Å². The second-order valence-corrected chi connectivity index (χ2v) is 8.62. The highest BCUT2D eigenvalue weighted by atomic mass is 16.6. The molecule has 3 rings (SSSR count). The molecule has 0 spiro atoms. The van der Waals surface area contributed by atoms with Crippen LogP contribution in [0.1, 0.15) is 54.1 Å². The summed E-state index contributed by atoms with van der Waals surface area (Å²) < 4.78 is 6.93. The number of benzene rings is 2. The number of hydrogen-bond donors (Lipinski definition) is 1. The average Bonchev–Trinajstić information content (AvgIpc) is 3.20. The van der Waals surface area contributed by atoms with Crippen LogP contribution in [0.2, 0.25) is 0 Å². The Kier molecular flexibility index (Phi) is 6.91. The van der Waals surface area contributed by atoms with E-state index in [1.54, 1.807) is 23.0 Å². The van der Waals surface area contributed by atoms with Crippen molar-refractivity contribution < 1.29 is 19.2 Å². The fourth-order valence-electron chi connectivity index (χ4n) is 3.46. The normalized spacial score (nSPS) is 12.1. The number of imidazole rings is 1. The number of hydrogen-bond acceptors (Lipinski definition) is 6. The Morgan fingerprint density at radius 2 is 1.88 bits per heavy atom. The summed E-state index contributed by atoms with van der Waals surface area (Å²) in [5, 5.41) is 14.3. The number of carbonyl (C=O) groups excluding carboxylic acids is 2. The largest absolute Gasteiger partial charge is 0.452 e. The molecule has 2 aromatic carbocycles. The third-order valence-corrected chi connectivity index (χ3v) is 5.13. The van der Waals surface area contributed by atoms with Gasteiger partial charge < -0.3 is 14.6 Å². The van der Waals surface area contributed by atoms with Crippen molar-refractivity contribution in [2.24, 2.45) is 7.05 Å². The molecule has 1 aromatic heterocycles. The number of rotatable bonds is 7. The highest BCUT2D eigenvalue weighted by Gasteiger charge is 2.27. The predicted molar refractivity (Wildman–Crippen MR) is 122 cm³/mol. The van der Waals surface area contributed by atoms with Gasteiger partial charge in [0.05, 0.1) is 10.5 Å². The SMILES string of the molecule is Cn1ccnc1C(NC(=O)COC(=O)c1ccc(C(C)(C)C)c([N+](=O)[O-])c1)c1ccccc1. The fourth-order valence-corrected chi connectivity index (χ4v) is 3.46. The molecule has 0 saturated carbocycles. The molecule has 1 N–H and O–H groups in total. The maximum Gasteiger partial charge on any atom is 0.338 e. The Morgan fingerprint density at radius 1 is 1.18 bits per heavy atom. The number of nitrogens with one attached hydrogen (secondary N) is 1. The second kappa shape index (κ2) is 9.64. The van der Waals surface area contributed by atoms with Gasteiger partial charge in [-0.05, 0) is 17.0 Å². The van der Waals surface area contributed by atoms with Crippen molar-refractivity contribution in [3.8, 4) is 0 Å². The van der Waals surface area contributed by atoms with E-state index in [1.165, 1.54) is 12.1 Å². The highest BCUT2D eigenvalue weighted by Crippen LogP contribution is 2.32. The third kappa shape index (κ3) is 5.62. The standard InChI is InChI=1S/C24H26N4O5/c1-24(2,3)18-11-10-17(14-19(18)28(31)32)23(30)33-15-20(29)26-21(16-8-6-5-7-9-16)22-25-12-13-27(22)4/h5-14,21H,15H2,1-4H3,(H,26,29). The molecule has 3 aromatic rings. The van der Waals surface area contributed by atoms with E-state index in [0.717, 1.165) is 5.56 Å². The molecule has 9 heteroatoms. The van der Waals surface area contributed by atoms with Crippen LogP contribution in [0.15, 0.2) is 60.9 Å². The van der Waals surface area contributed by atoms with Crippen LogP contribution in [0.4, 0.5) is 5.69 Å². The Balaban J connectivity index is 1.72. The number of esters is 1. The highest BCUT2D eigenvalue weighted by molar-refractivity contribution is 5.92. The minimum atomic E-state index is -0.818. The van der Waals surface area contributed by atoms with Crippen LogP contribution in [0.25, 0.3) is 0 Å². The van der Waals surface area contributed by atoms with Gasteiger partial charge in [0.1, 0.15) is 11.9 Å². The van der Waals surface area contributed by atoms with Gasteiger partial charge in [0.25, 0.3) is 11.6 Å². The molecule has 1 amide bonds. The molecule has 0 fully saturated rings. The lowest BCUT2D eigenvalue weighted by molar-refractivity contribution is -0.386. The van der Waals surface area contributed by atoms with E-state index in [1.807, 2.05) is 58.2 Å². The molecule has 1 unspecified atom stereocenters. The number of aromatic nitrogens is 2. The molecular formula is C24H26N4O5. The molecular weight excluding hydrogens is 424 g/mol. The summed E-state index contributed by atoms with van der Waals surface area (Å²) in [6.45, 7) is 5.01. The van der Waals surface area contributed by atoms with Crippen molar-refractivity contribution in [3.63, 3.8) is 0 Å². The number of aryl methyl sites for hydroxylation is 1. The van der Waals surface area contributed by atoms with Crippen molar-refractivity contribution in [1.29, 1.82) is 0 Å². The second-order valence-electron chi connectivity index (χ2n) is 8.62. The first-order valence-electron chi connectivity index (χ1n) is 10.4. The fraction of sp³-hybridized carbons (Fsp3) is 0.292. The molecule has 0 radical (unpaired) electrons. The number of carbonyl (C=O) groups is 2. The van der Waals surface area contributed by atoms with Gasteiger partial charge in [0.2, 0.25) is 0 Å². The van der Waals surface area contributed by atoms with Crippen molar-refractivity contribution in [2.45, 2.75) is 32.2 Å². The first-order chi connectivity index (χ1) is 15.6. The topological polar surface area (TPSA) is 116 Å². The molecule has 1 heterocycles. The van der Waals surface area contributed by atoms with E-state index >= 15 is 0 Å². The summed E-state index contributed by atoms with van der Waals surface area (Å²) in [6.07, 6.45) is 3.40. The Labute approximate surface area is 191 Å². The Bertz CT molecular complexity index is 1170. The summed E-state index contributed by atoms with van der Waals surface area (Å²) in [7, 11) is 1.82. The van der Waals surface area contributed by atoms with Gasteiger partial charge in [-0.15, -0.1) is 0 Å². The van der Waals surface area contributed by atoms with Crippen LogP contribution < -0.4 is 5.32 Å². The van der Waals surface area contributed by atoms with Gasteiger partial charge in [0, 0.05) is 31.1 Å². The summed E-state index contributed by atoms with van der Waals surface area (Å²) >= 11 is 0. The lowest BCUT2D eigenvalue weighted by Gasteiger charge is -2.19. The molecule has 9 nitrogen and oxygen atoms in total. The van der Waals surface area contributed by atoms with Crippen LogP contribution in [-0.4, -0.2) is 33.0 Å². The van der Waals surface area contributed by atoms with Crippen LogP contribution in [0.3, 0.4) is 0 Å². The van der Waals surface area contributed by atoms with E-state index < -0.39 is 34.9 Å². The first kappa shape index (κ1) is 23.6. The third-order valence-electron chi connectivity index (χ3n) is 5.13. The molecule has 1 atom stereocenters. The van der Waals surface area contributed by atoms with Gasteiger partial charge in [-0.3, -0.25) is 14.9 Å². The summed E-state index contributed by atoms with van der Waals surface area (Å²) in [4.78, 5) is 40.4. The maximum absolute atomic E-state index is 12.6. The minimum Gasteiger partial charge on any atom is -0.452 e. The van der Waals surface area contributed by atoms with E-state index in [-0.39, 0.29) is 11.3 Å². The number of nitro groups is 1. The van der Waals surface area contributed by atoms with Gasteiger partial charge >= 0.3 is 5.97 Å². The Hall–Kier alpha value is -4.01. The van der Waals surface area contributed by atoms with Crippen LogP contribution in [0, 0.1) is 10.1 Å². The zero-order chi connectivity index (χ0) is 24.2. The average molecular weight is 450 g/mol. The Morgan fingerprint density at radius 3 is 2.45 bits per heavy atom. The van der Waals surface area contributed by atoms with Gasteiger partial charge in [-0.25, -0.2) is 9.78 Å². The lowest BCUT2D eigenvalue weighted by Crippen LogP contribution is -2.34. The van der Waals surface area contributed by atoms with E-state index in [4.69, 9.17) is 4.74 Å². The van der Waals surface area contributed by atoms with E-state index in [0.29, 0.717) is 11.4 Å². The van der Waals surface area contributed by atoms with Crippen LogP contribution in [-0.2, 0) is 22.0 Å². The molecule has 0 aliphatic heterocycles. The van der Waals surface area contributed by atoms with Gasteiger partial charge in [0.15, 0.2) is 6.61 Å². The summed E-state index contributed by atoms with van der Waals surface area (Å²) in [5.41, 5.74) is 0.691. The van der Waals surface area contributed by atoms with E-state index in [2.05, 4.69) is 10.3 Å². The van der Waals surface area contributed by atoms with Crippen molar-refractivity contribution in [3.05, 3.63) is 93.6 Å². The molecule has 33 heavy (non-hydrogen) atoms. The maximum atomic E-state index is 12.6. The van der Waals surface area contributed by atoms with Crippen molar-refractivity contribution >= 4 is 17.6 Å². The number of ether oxygens (including phenoxy) is 1. The summed E-state index contributed by atoms with van der Waals surface area (Å²) in [5.74, 6) is -0.725. The molecule has 0 aliphatic carbocycles. The van der Waals surface area contributed by atoms with Crippen molar-refractivity contribution in [1.82, 2.24) is 14.9 Å². The number of nitro benzene ring substituents is 1. The number of nitrogens with zero attached hydrogens (tertiary/aromatic N) is 3. The predicted octanol–water partition coefficient (Wildman–Crippen LogP) is 3.69. The van der Waals surface area contributed by atoms with E-state index in [9.17, 15) is 19.7 Å². The minimum absolute atomic E-state index is 0.00575. The quantitative estimate of drug-likeness (QED) is 0.333. The van der Waals surface area contributed by atoms with Crippen LogP contribution >= 0.6 is 0 Å². The van der Waals surface area contributed by atoms with Gasteiger partial charge in [-0.2, -0.15) is 0 Å². The first-order valence-corrected chi connectivity index (χ1v) is 10.4. The zero-order valence-corrected chi connectivity index (χ0v) is 18.9.